The lowest BCUT2D eigenvalue weighted by Crippen LogP contribution is -2.11. The van der Waals surface area contributed by atoms with Crippen LogP contribution in [0, 0.1) is 0 Å². The monoisotopic (exact) mass is 458 g/mol. The molecule has 2 heterocycles. The number of sulfonamides is 1. The van der Waals surface area contributed by atoms with Crippen molar-refractivity contribution in [1.29, 1.82) is 0 Å². The van der Waals surface area contributed by atoms with Crippen LogP contribution in [0.2, 0.25) is 5.02 Å². The molecule has 30 heavy (non-hydrogen) atoms. The number of halogens is 3. The second-order valence-corrected chi connectivity index (χ2v) is 8.74. The van der Waals surface area contributed by atoms with Crippen LogP contribution in [0.5, 0.6) is 11.6 Å². The Balaban J connectivity index is 1.97. The number of alkyl halides is 2. The van der Waals surface area contributed by atoms with Crippen LogP contribution in [0.15, 0.2) is 29.4 Å². The number of nitrogens with zero attached hydrogens (tertiary/aromatic N) is 3. The molecule has 1 aliphatic carbocycles. The van der Waals surface area contributed by atoms with E-state index in [0.29, 0.717) is 5.52 Å². The van der Waals surface area contributed by atoms with Gasteiger partial charge in [0.1, 0.15) is 10.4 Å². The molecule has 0 amide bonds. The molecule has 2 aromatic heterocycles. The number of methoxy groups -OCH3 is 1. The van der Waals surface area contributed by atoms with Crippen LogP contribution >= 0.6 is 11.6 Å². The maximum Gasteiger partial charge on any atom is 0.242 e. The summed E-state index contributed by atoms with van der Waals surface area (Å²) < 4.78 is 62.3. The summed E-state index contributed by atoms with van der Waals surface area (Å²) in [7, 11) is -2.81. The van der Waals surface area contributed by atoms with Gasteiger partial charge < -0.3 is 9.47 Å². The maximum atomic E-state index is 12.8. The summed E-state index contributed by atoms with van der Waals surface area (Å²) in [5.41, 5.74) is 0.425. The van der Waals surface area contributed by atoms with Gasteiger partial charge in [-0.05, 0) is 25.0 Å². The van der Waals surface area contributed by atoms with E-state index in [4.69, 9.17) is 26.2 Å². The van der Waals surface area contributed by atoms with E-state index in [2.05, 4.69) is 9.97 Å². The highest BCUT2D eigenvalue weighted by molar-refractivity contribution is 7.89. The van der Waals surface area contributed by atoms with E-state index in [1.54, 1.807) is 0 Å². The predicted octanol–water partition coefficient (Wildman–Crippen LogP) is 3.08. The third kappa shape index (κ3) is 3.92. The topological polar surface area (TPSA) is 109 Å². The summed E-state index contributed by atoms with van der Waals surface area (Å²) in [5.74, 6) is 0.212. The summed E-state index contributed by atoms with van der Waals surface area (Å²) in [4.78, 5) is 8.14. The second kappa shape index (κ2) is 7.64. The zero-order valence-corrected chi connectivity index (χ0v) is 17.3. The first kappa shape index (κ1) is 20.8. The molecule has 0 atom stereocenters. The maximum absolute atomic E-state index is 12.8. The Morgan fingerprint density at radius 3 is 2.70 bits per heavy atom. The summed E-state index contributed by atoms with van der Waals surface area (Å²) in [6.45, 7) is 0. The van der Waals surface area contributed by atoms with Crippen LogP contribution < -0.4 is 14.6 Å². The molecule has 2 N–H and O–H groups in total. The Morgan fingerprint density at radius 2 is 2.10 bits per heavy atom. The number of primary sulfonamides is 1. The van der Waals surface area contributed by atoms with Crippen molar-refractivity contribution in [2.24, 2.45) is 5.14 Å². The van der Waals surface area contributed by atoms with Gasteiger partial charge in [-0.15, -0.1) is 0 Å². The largest absolute Gasteiger partial charge is 0.487 e. The van der Waals surface area contributed by atoms with E-state index < -0.39 is 22.9 Å². The molecule has 3 aromatic rings. The molecule has 0 unspecified atom stereocenters. The normalized spacial score (nSPS) is 14.5. The van der Waals surface area contributed by atoms with Crippen LogP contribution in [0.25, 0.3) is 16.9 Å². The average Bonchev–Trinajstić information content (AvgIpc) is 3.40. The highest BCUT2D eigenvalue weighted by Crippen LogP contribution is 2.41. The van der Waals surface area contributed by atoms with Crippen LogP contribution in [0.3, 0.4) is 0 Å². The van der Waals surface area contributed by atoms with E-state index in [1.165, 1.54) is 36.2 Å². The molecule has 1 aromatic carbocycles. The number of fused-ring (bicyclic) bond motifs is 1. The van der Waals surface area contributed by atoms with E-state index >= 15 is 0 Å². The Kier molecular flexibility index (Phi) is 5.28. The number of rotatable bonds is 7. The average molecular weight is 459 g/mol. The minimum atomic E-state index is -4.10. The number of aromatic nitrogens is 3. The van der Waals surface area contributed by atoms with Crippen LogP contribution in [-0.2, 0) is 16.4 Å². The molecule has 0 bridgehead atoms. The third-order valence-corrected chi connectivity index (χ3v) is 5.78. The van der Waals surface area contributed by atoms with Gasteiger partial charge in [-0.3, -0.25) is 4.57 Å². The molecule has 4 rings (SSSR count). The van der Waals surface area contributed by atoms with Crippen LogP contribution in [0.4, 0.5) is 8.78 Å². The van der Waals surface area contributed by atoms with Crippen molar-refractivity contribution >= 4 is 32.5 Å². The van der Waals surface area contributed by atoms with Gasteiger partial charge in [0.15, 0.2) is 5.75 Å². The Morgan fingerprint density at radius 1 is 1.37 bits per heavy atom. The minimum Gasteiger partial charge on any atom is -0.487 e. The molecule has 160 valence electrons. The van der Waals surface area contributed by atoms with E-state index in [-0.39, 0.29) is 44.5 Å². The first-order valence-electron chi connectivity index (χ1n) is 8.90. The highest BCUT2D eigenvalue weighted by Gasteiger charge is 2.29. The first-order valence-corrected chi connectivity index (χ1v) is 10.8. The van der Waals surface area contributed by atoms with Crippen molar-refractivity contribution in [2.45, 2.75) is 36.7 Å². The fraction of sp³-hybridized carbons (Fsp3) is 0.333. The van der Waals surface area contributed by atoms with Gasteiger partial charge >= 0.3 is 0 Å². The Labute approximate surface area is 175 Å². The Hall–Kier alpha value is -2.50. The molecule has 12 heteroatoms. The van der Waals surface area contributed by atoms with Crippen molar-refractivity contribution in [2.75, 3.05) is 7.11 Å². The highest BCUT2D eigenvalue weighted by atomic mass is 35.5. The van der Waals surface area contributed by atoms with Crippen LogP contribution in [0.1, 0.15) is 18.4 Å². The molecule has 1 fully saturated rings. The van der Waals surface area contributed by atoms with Gasteiger partial charge in [0.25, 0.3) is 0 Å². The zero-order valence-electron chi connectivity index (χ0n) is 15.7. The van der Waals surface area contributed by atoms with Gasteiger partial charge in [-0.25, -0.2) is 27.3 Å². The summed E-state index contributed by atoms with van der Waals surface area (Å²) in [6.07, 6.45) is 0.939. The number of ether oxygens (including phenoxy) is 2. The quantitative estimate of drug-likeness (QED) is 0.582. The lowest BCUT2D eigenvalue weighted by molar-refractivity contribution is 0.147. The predicted molar refractivity (Wildman–Crippen MR) is 105 cm³/mol. The zero-order chi connectivity index (χ0) is 21.6. The molecule has 1 aliphatic rings. The van der Waals surface area contributed by atoms with E-state index in [0.717, 1.165) is 12.8 Å². The fourth-order valence-electron chi connectivity index (χ4n) is 3.07. The third-order valence-electron chi connectivity index (χ3n) is 4.55. The molecular weight excluding hydrogens is 442 g/mol. The summed E-state index contributed by atoms with van der Waals surface area (Å²) in [5, 5.41) is 5.94. The summed E-state index contributed by atoms with van der Waals surface area (Å²) >= 11 is 6.33. The smallest absolute Gasteiger partial charge is 0.242 e. The van der Waals surface area contributed by atoms with Gasteiger partial charge in [-0.1, -0.05) is 11.6 Å². The van der Waals surface area contributed by atoms with Gasteiger partial charge in [0.2, 0.25) is 28.3 Å². The minimum absolute atomic E-state index is 0.00678. The molecule has 1 saturated carbocycles. The van der Waals surface area contributed by atoms with Gasteiger partial charge in [0, 0.05) is 29.8 Å². The van der Waals surface area contributed by atoms with Crippen LogP contribution in [-0.4, -0.2) is 42.6 Å². The summed E-state index contributed by atoms with van der Waals surface area (Å²) in [6, 6.07) is 3.03. The number of hydrogen-bond donors (Lipinski definition) is 1. The SMILES string of the molecule is COc1nc(-n2cc(S(N)(=O)=O)c3ccc(Cl)c(OC4CC4)c32)ncc1CC(F)F. The standard InChI is InChI=1S/C18H17ClF2N4O4S/c1-28-17-9(6-14(20)21)7-23-18(24-17)25-8-13(30(22,26)27)11-4-5-12(19)16(15(11)25)29-10-2-3-10/h4-5,7-8,10,14H,2-3,6H2,1H3,(H2,22,26,27). The number of nitrogens with two attached hydrogens (primary N) is 1. The molecule has 0 aliphatic heterocycles. The molecular formula is C18H17ClF2N4O4S. The molecule has 0 radical (unpaired) electrons. The lowest BCUT2D eigenvalue weighted by Gasteiger charge is -2.13. The van der Waals surface area contributed by atoms with Crippen molar-refractivity contribution in [3.05, 3.63) is 35.1 Å². The van der Waals surface area contributed by atoms with Crippen molar-refractivity contribution < 1.29 is 26.7 Å². The van der Waals surface area contributed by atoms with E-state index in [1.807, 2.05) is 0 Å². The van der Waals surface area contributed by atoms with Gasteiger partial charge in [0.05, 0.1) is 18.2 Å². The fourth-order valence-corrected chi connectivity index (χ4v) is 3.99. The van der Waals surface area contributed by atoms with Gasteiger partial charge in [-0.2, -0.15) is 4.98 Å². The molecule has 0 saturated heterocycles. The molecule has 0 spiro atoms. The van der Waals surface area contributed by atoms with Crippen molar-refractivity contribution in [3.63, 3.8) is 0 Å². The lowest BCUT2D eigenvalue weighted by atomic mass is 10.2. The Bertz CT molecular complexity index is 1230. The molecule has 8 nitrogen and oxygen atoms in total. The number of benzene rings is 1. The number of hydrogen-bond acceptors (Lipinski definition) is 6. The van der Waals surface area contributed by atoms with Crippen molar-refractivity contribution in [3.8, 4) is 17.6 Å². The van der Waals surface area contributed by atoms with E-state index in [9.17, 15) is 17.2 Å². The second-order valence-electron chi connectivity index (χ2n) is 6.80. The van der Waals surface area contributed by atoms with Crippen molar-refractivity contribution in [1.82, 2.24) is 14.5 Å². The first-order chi connectivity index (χ1) is 14.2.